The molecule has 0 aliphatic carbocycles. The monoisotopic (exact) mass is 304 g/mol. The lowest BCUT2D eigenvalue weighted by atomic mass is 10.1. The number of nitrogens with zero attached hydrogens (tertiary/aromatic N) is 1. The highest BCUT2D eigenvalue weighted by atomic mass is 32.2. The molecule has 3 aromatic rings. The lowest BCUT2D eigenvalue weighted by Crippen LogP contribution is -2.09. The minimum atomic E-state index is -0.231. The van der Waals surface area contributed by atoms with Gasteiger partial charge in [-0.3, -0.25) is 0 Å². The summed E-state index contributed by atoms with van der Waals surface area (Å²) in [5.41, 5.74) is 7.73. The van der Waals surface area contributed by atoms with Gasteiger partial charge in [0, 0.05) is 11.8 Å². The van der Waals surface area contributed by atoms with Crippen molar-refractivity contribution in [3.63, 3.8) is 0 Å². The van der Waals surface area contributed by atoms with Crippen molar-refractivity contribution in [2.45, 2.75) is 9.59 Å². The van der Waals surface area contributed by atoms with Crippen molar-refractivity contribution in [2.75, 3.05) is 6.54 Å². The molecule has 0 fully saturated rings. The van der Waals surface area contributed by atoms with Crippen LogP contribution in [-0.4, -0.2) is 11.5 Å². The summed E-state index contributed by atoms with van der Waals surface area (Å²) in [7, 11) is 0. The van der Waals surface area contributed by atoms with Gasteiger partial charge < -0.3 is 5.73 Å². The third-order valence-corrected chi connectivity index (χ3v) is 5.36. The standard InChI is InChI=1S/C15H13FN2S2/c16-11-5-3-4-10(8-11)14(9-17)20-15-18-12-6-1-2-7-13(12)19-15/h1-8,14H,9,17H2. The van der Waals surface area contributed by atoms with E-state index in [1.54, 1.807) is 29.2 Å². The molecule has 1 heterocycles. The predicted molar refractivity (Wildman–Crippen MR) is 83.7 cm³/mol. The second-order valence-corrected chi connectivity index (χ2v) is 6.83. The first-order chi connectivity index (χ1) is 9.76. The summed E-state index contributed by atoms with van der Waals surface area (Å²) in [5.74, 6) is -0.231. The first kappa shape index (κ1) is 13.5. The number of halogens is 1. The van der Waals surface area contributed by atoms with Gasteiger partial charge in [0.25, 0.3) is 0 Å². The fourth-order valence-electron chi connectivity index (χ4n) is 1.98. The van der Waals surface area contributed by atoms with Crippen molar-refractivity contribution in [1.29, 1.82) is 0 Å². The van der Waals surface area contributed by atoms with Crippen LogP contribution in [0, 0.1) is 5.82 Å². The molecule has 1 unspecified atom stereocenters. The molecule has 102 valence electrons. The predicted octanol–water partition coefficient (Wildman–Crippen LogP) is 4.23. The topological polar surface area (TPSA) is 38.9 Å². The van der Waals surface area contributed by atoms with Gasteiger partial charge in [-0.05, 0) is 29.8 Å². The molecule has 1 atom stereocenters. The molecule has 5 heteroatoms. The molecule has 1 aromatic heterocycles. The molecule has 0 radical (unpaired) electrons. The highest BCUT2D eigenvalue weighted by Gasteiger charge is 2.15. The molecule has 2 nitrogen and oxygen atoms in total. The van der Waals surface area contributed by atoms with Crippen LogP contribution >= 0.6 is 23.1 Å². The number of aromatic nitrogens is 1. The van der Waals surface area contributed by atoms with E-state index in [0.29, 0.717) is 6.54 Å². The van der Waals surface area contributed by atoms with E-state index in [9.17, 15) is 4.39 Å². The minimum absolute atomic E-state index is 0.0197. The zero-order chi connectivity index (χ0) is 13.9. The van der Waals surface area contributed by atoms with Gasteiger partial charge in [-0.1, -0.05) is 36.0 Å². The molecule has 3 rings (SSSR count). The number of para-hydroxylation sites is 1. The molecule has 0 aliphatic rings. The fourth-order valence-corrected chi connectivity index (χ4v) is 4.26. The summed E-state index contributed by atoms with van der Waals surface area (Å²) in [6.07, 6.45) is 0. The fraction of sp³-hybridized carbons (Fsp3) is 0.133. The Labute approximate surface area is 124 Å². The molecule has 0 saturated heterocycles. The summed E-state index contributed by atoms with van der Waals surface area (Å²) < 4.78 is 15.4. The van der Waals surface area contributed by atoms with E-state index in [4.69, 9.17) is 5.73 Å². The Morgan fingerprint density at radius 1 is 1.20 bits per heavy atom. The second kappa shape index (κ2) is 5.91. The number of fused-ring (bicyclic) bond motifs is 1. The summed E-state index contributed by atoms with van der Waals surface area (Å²) in [6.45, 7) is 0.448. The van der Waals surface area contributed by atoms with Crippen LogP contribution in [0.3, 0.4) is 0 Å². The van der Waals surface area contributed by atoms with E-state index in [1.165, 1.54) is 12.1 Å². The molecule has 0 spiro atoms. The Balaban J connectivity index is 1.87. The van der Waals surface area contributed by atoms with Crippen LogP contribution in [-0.2, 0) is 0 Å². The number of benzene rings is 2. The van der Waals surface area contributed by atoms with Crippen molar-refractivity contribution >= 4 is 33.3 Å². The normalized spacial score (nSPS) is 12.7. The Hall–Kier alpha value is -1.43. The van der Waals surface area contributed by atoms with Gasteiger partial charge in [-0.25, -0.2) is 9.37 Å². The molecule has 20 heavy (non-hydrogen) atoms. The SMILES string of the molecule is NCC(Sc1nc2ccccc2s1)c1cccc(F)c1. The number of hydrogen-bond donors (Lipinski definition) is 1. The number of nitrogens with two attached hydrogens (primary N) is 1. The second-order valence-electron chi connectivity index (χ2n) is 4.34. The molecule has 0 amide bonds. The van der Waals surface area contributed by atoms with Crippen molar-refractivity contribution in [3.8, 4) is 0 Å². The Kier molecular flexibility index (Phi) is 4.00. The maximum absolute atomic E-state index is 13.3. The van der Waals surface area contributed by atoms with Gasteiger partial charge >= 0.3 is 0 Å². The van der Waals surface area contributed by atoms with E-state index in [0.717, 1.165) is 20.1 Å². The molecule has 0 bridgehead atoms. The van der Waals surface area contributed by atoms with E-state index >= 15 is 0 Å². The number of rotatable bonds is 4. The van der Waals surface area contributed by atoms with Gasteiger partial charge in [0.05, 0.1) is 10.2 Å². The van der Waals surface area contributed by atoms with Gasteiger partial charge in [0.2, 0.25) is 0 Å². The summed E-state index contributed by atoms with van der Waals surface area (Å²) >= 11 is 3.23. The Morgan fingerprint density at radius 2 is 2.05 bits per heavy atom. The maximum Gasteiger partial charge on any atom is 0.151 e. The van der Waals surface area contributed by atoms with Crippen LogP contribution in [0.1, 0.15) is 10.8 Å². The van der Waals surface area contributed by atoms with Crippen molar-refractivity contribution < 1.29 is 4.39 Å². The molecular formula is C15H13FN2S2. The van der Waals surface area contributed by atoms with E-state index < -0.39 is 0 Å². The zero-order valence-electron chi connectivity index (χ0n) is 10.6. The number of hydrogen-bond acceptors (Lipinski definition) is 4. The summed E-state index contributed by atoms with van der Waals surface area (Å²) in [5, 5.41) is 0.0197. The molecule has 0 aliphatic heterocycles. The summed E-state index contributed by atoms with van der Waals surface area (Å²) in [6, 6.07) is 14.6. The number of thioether (sulfide) groups is 1. The van der Waals surface area contributed by atoms with Crippen LogP contribution in [0.2, 0.25) is 0 Å². The number of thiazole rings is 1. The van der Waals surface area contributed by atoms with Crippen LogP contribution in [0.4, 0.5) is 4.39 Å². The Morgan fingerprint density at radius 3 is 2.80 bits per heavy atom. The highest BCUT2D eigenvalue weighted by Crippen LogP contribution is 2.38. The van der Waals surface area contributed by atoms with Crippen molar-refractivity contribution in [2.24, 2.45) is 5.73 Å². The largest absolute Gasteiger partial charge is 0.329 e. The van der Waals surface area contributed by atoms with Gasteiger partial charge in [0.1, 0.15) is 5.82 Å². The smallest absolute Gasteiger partial charge is 0.151 e. The van der Waals surface area contributed by atoms with Gasteiger partial charge in [0.15, 0.2) is 4.34 Å². The molecule has 2 aromatic carbocycles. The van der Waals surface area contributed by atoms with Gasteiger partial charge in [-0.15, -0.1) is 11.3 Å². The minimum Gasteiger partial charge on any atom is -0.329 e. The van der Waals surface area contributed by atoms with Crippen LogP contribution in [0.25, 0.3) is 10.2 Å². The van der Waals surface area contributed by atoms with Crippen LogP contribution in [0.5, 0.6) is 0 Å². The summed E-state index contributed by atoms with van der Waals surface area (Å²) in [4.78, 5) is 4.58. The maximum atomic E-state index is 13.3. The Bertz CT molecular complexity index is 693. The highest BCUT2D eigenvalue weighted by molar-refractivity contribution is 8.01. The van der Waals surface area contributed by atoms with Gasteiger partial charge in [-0.2, -0.15) is 0 Å². The van der Waals surface area contributed by atoms with E-state index in [2.05, 4.69) is 11.1 Å². The van der Waals surface area contributed by atoms with Crippen LogP contribution in [0.15, 0.2) is 52.9 Å². The average Bonchev–Trinajstić information content (AvgIpc) is 2.87. The third-order valence-electron chi connectivity index (χ3n) is 2.95. The first-order valence-corrected chi connectivity index (χ1v) is 7.93. The zero-order valence-corrected chi connectivity index (χ0v) is 12.3. The van der Waals surface area contributed by atoms with Crippen molar-refractivity contribution in [1.82, 2.24) is 4.98 Å². The quantitative estimate of drug-likeness (QED) is 0.733. The average molecular weight is 304 g/mol. The molecule has 2 N–H and O–H groups in total. The lowest BCUT2D eigenvalue weighted by Gasteiger charge is -2.12. The van der Waals surface area contributed by atoms with Crippen LogP contribution < -0.4 is 5.73 Å². The molecular weight excluding hydrogens is 291 g/mol. The van der Waals surface area contributed by atoms with Crippen molar-refractivity contribution in [3.05, 3.63) is 59.9 Å². The lowest BCUT2D eigenvalue weighted by molar-refractivity contribution is 0.625. The first-order valence-electron chi connectivity index (χ1n) is 6.24. The van der Waals surface area contributed by atoms with E-state index in [-0.39, 0.29) is 11.1 Å². The van der Waals surface area contributed by atoms with E-state index in [1.807, 2.05) is 24.3 Å². The molecule has 0 saturated carbocycles. The third kappa shape index (κ3) is 2.85.